The van der Waals surface area contributed by atoms with Crippen LogP contribution >= 0.6 is 0 Å². The summed E-state index contributed by atoms with van der Waals surface area (Å²) in [4.78, 5) is 25.8. The Labute approximate surface area is 150 Å². The first-order valence-electron chi connectivity index (χ1n) is 8.68. The molecular weight excluding hydrogens is 334 g/mol. The first-order valence-corrected chi connectivity index (χ1v) is 8.68. The van der Waals surface area contributed by atoms with E-state index in [1.54, 1.807) is 40.0 Å². The van der Waals surface area contributed by atoms with E-state index in [-0.39, 0.29) is 24.0 Å². The lowest BCUT2D eigenvalue weighted by molar-refractivity contribution is -0.00590. The molecular formula is C18H21N5O3. The fraction of sp³-hybridized carbons (Fsp3) is 0.389. The van der Waals surface area contributed by atoms with Crippen LogP contribution in [0.3, 0.4) is 0 Å². The third-order valence-electron chi connectivity index (χ3n) is 4.95. The molecule has 2 fully saturated rings. The van der Waals surface area contributed by atoms with Crippen molar-refractivity contribution in [2.45, 2.75) is 31.5 Å². The highest BCUT2D eigenvalue weighted by molar-refractivity contribution is 5.97. The minimum absolute atomic E-state index is 0.122. The van der Waals surface area contributed by atoms with E-state index in [0.717, 1.165) is 11.3 Å². The summed E-state index contributed by atoms with van der Waals surface area (Å²) >= 11 is 0. The van der Waals surface area contributed by atoms with E-state index in [9.17, 15) is 14.7 Å². The van der Waals surface area contributed by atoms with Gasteiger partial charge in [0, 0.05) is 30.5 Å². The normalized spacial score (nSPS) is 24.9. The number of amides is 3. The molecule has 0 radical (unpaired) electrons. The summed E-state index contributed by atoms with van der Waals surface area (Å²) in [5.41, 5.74) is 2.29. The summed E-state index contributed by atoms with van der Waals surface area (Å²) in [6.45, 7) is 3.18. The zero-order chi connectivity index (χ0) is 18.3. The number of aliphatic hydroxyl groups excluding tert-OH is 1. The molecule has 1 aliphatic heterocycles. The molecule has 0 spiro atoms. The van der Waals surface area contributed by atoms with Gasteiger partial charge in [-0.05, 0) is 43.2 Å². The Morgan fingerprint density at radius 3 is 2.69 bits per heavy atom. The number of anilines is 1. The number of nitrogens with zero attached hydrogens (tertiary/aromatic N) is 3. The molecule has 3 N–H and O–H groups in total. The van der Waals surface area contributed by atoms with Gasteiger partial charge in [-0.3, -0.25) is 14.4 Å². The van der Waals surface area contributed by atoms with Gasteiger partial charge in [-0.2, -0.15) is 5.10 Å². The van der Waals surface area contributed by atoms with Gasteiger partial charge >= 0.3 is 6.03 Å². The van der Waals surface area contributed by atoms with Crippen LogP contribution in [-0.2, 0) is 0 Å². The summed E-state index contributed by atoms with van der Waals surface area (Å²) in [7, 11) is 0. The molecule has 4 rings (SSSR count). The molecule has 1 aliphatic carbocycles. The number of hydrogen-bond acceptors (Lipinski definition) is 4. The van der Waals surface area contributed by atoms with E-state index in [1.165, 1.54) is 0 Å². The number of carbonyl (C=O) groups is 2. The Bertz CT molecular complexity index is 832. The quantitative estimate of drug-likeness (QED) is 0.756. The molecule has 1 aromatic heterocycles. The first-order chi connectivity index (χ1) is 12.5. The number of nitrogens with one attached hydrogen (secondary N) is 2. The van der Waals surface area contributed by atoms with Crippen molar-refractivity contribution in [3.63, 3.8) is 0 Å². The van der Waals surface area contributed by atoms with Crippen LogP contribution in [0, 0.1) is 6.92 Å². The SMILES string of the molecule is Cc1cnn([C@H]2[C@H](O)C[C@@H]2NC(=O)c2ccc(N3CCNC3=O)cc2)c1. The molecule has 8 nitrogen and oxygen atoms in total. The number of carbonyl (C=O) groups excluding carboxylic acids is 2. The highest BCUT2D eigenvalue weighted by Crippen LogP contribution is 2.32. The molecule has 3 amide bonds. The molecule has 2 aliphatic rings. The van der Waals surface area contributed by atoms with Gasteiger partial charge in [-0.1, -0.05) is 0 Å². The van der Waals surface area contributed by atoms with Crippen LogP contribution in [0.15, 0.2) is 36.7 Å². The number of aryl methyl sites for hydroxylation is 1. The third kappa shape index (κ3) is 2.92. The van der Waals surface area contributed by atoms with Gasteiger partial charge in [0.05, 0.1) is 24.4 Å². The molecule has 26 heavy (non-hydrogen) atoms. The minimum atomic E-state index is -0.518. The Morgan fingerprint density at radius 2 is 2.12 bits per heavy atom. The number of benzene rings is 1. The standard InChI is InChI=1S/C18H21N5O3/c1-11-9-20-23(10-11)16-14(8-15(16)24)21-17(25)12-2-4-13(5-3-12)22-7-6-19-18(22)26/h2-5,9-10,14-16,24H,6-8H2,1H3,(H,19,26)(H,21,25)/t14-,15+,16+/m0/s1. The molecule has 1 aromatic carbocycles. The summed E-state index contributed by atoms with van der Waals surface area (Å²) in [6, 6.07) is 6.41. The summed E-state index contributed by atoms with van der Waals surface area (Å²) in [5, 5.41) is 20.0. The van der Waals surface area contributed by atoms with Crippen molar-refractivity contribution in [1.29, 1.82) is 0 Å². The van der Waals surface area contributed by atoms with Crippen LogP contribution in [0.1, 0.15) is 28.4 Å². The van der Waals surface area contributed by atoms with Gasteiger partial charge in [0.25, 0.3) is 5.91 Å². The average molecular weight is 355 g/mol. The van der Waals surface area contributed by atoms with Crippen molar-refractivity contribution in [3.8, 4) is 0 Å². The smallest absolute Gasteiger partial charge is 0.321 e. The fourth-order valence-electron chi connectivity index (χ4n) is 3.47. The number of urea groups is 1. The summed E-state index contributed by atoms with van der Waals surface area (Å²) < 4.78 is 1.71. The van der Waals surface area contributed by atoms with Crippen molar-refractivity contribution < 1.29 is 14.7 Å². The lowest BCUT2D eigenvalue weighted by atomic mass is 9.83. The highest BCUT2D eigenvalue weighted by atomic mass is 16.3. The molecule has 1 saturated heterocycles. The second kappa shape index (κ2) is 6.45. The number of rotatable bonds is 4. The molecule has 3 atom stereocenters. The van der Waals surface area contributed by atoms with E-state index in [1.807, 2.05) is 13.1 Å². The fourth-order valence-corrected chi connectivity index (χ4v) is 3.47. The van der Waals surface area contributed by atoms with Crippen LogP contribution in [0.2, 0.25) is 0 Å². The lowest BCUT2D eigenvalue weighted by Gasteiger charge is -2.41. The summed E-state index contributed by atoms with van der Waals surface area (Å²) in [6.07, 6.45) is 3.58. The maximum Gasteiger partial charge on any atom is 0.321 e. The number of hydrogen-bond donors (Lipinski definition) is 3. The monoisotopic (exact) mass is 355 g/mol. The zero-order valence-electron chi connectivity index (χ0n) is 14.4. The summed E-state index contributed by atoms with van der Waals surface area (Å²) in [5.74, 6) is -0.201. The van der Waals surface area contributed by atoms with Crippen molar-refractivity contribution in [2.24, 2.45) is 0 Å². The first kappa shape index (κ1) is 16.6. The second-order valence-corrected chi connectivity index (χ2v) is 6.80. The van der Waals surface area contributed by atoms with E-state index in [0.29, 0.717) is 25.1 Å². The van der Waals surface area contributed by atoms with E-state index in [4.69, 9.17) is 0 Å². The topological polar surface area (TPSA) is 99.5 Å². The second-order valence-electron chi connectivity index (χ2n) is 6.80. The van der Waals surface area contributed by atoms with Crippen molar-refractivity contribution >= 4 is 17.6 Å². The van der Waals surface area contributed by atoms with Gasteiger partial charge in [0.1, 0.15) is 0 Å². The van der Waals surface area contributed by atoms with Gasteiger partial charge in [0.15, 0.2) is 0 Å². The maximum absolute atomic E-state index is 12.5. The van der Waals surface area contributed by atoms with E-state index < -0.39 is 6.10 Å². The maximum atomic E-state index is 12.5. The van der Waals surface area contributed by atoms with Crippen LogP contribution in [-0.4, -0.2) is 52.1 Å². The largest absolute Gasteiger partial charge is 0.391 e. The minimum Gasteiger partial charge on any atom is -0.391 e. The van der Waals surface area contributed by atoms with Gasteiger partial charge in [-0.25, -0.2) is 4.79 Å². The Kier molecular flexibility index (Phi) is 4.12. The van der Waals surface area contributed by atoms with Crippen molar-refractivity contribution in [2.75, 3.05) is 18.0 Å². The van der Waals surface area contributed by atoms with Crippen LogP contribution in [0.4, 0.5) is 10.5 Å². The number of aliphatic hydroxyl groups is 1. The van der Waals surface area contributed by atoms with E-state index >= 15 is 0 Å². The predicted octanol–water partition coefficient (Wildman–Crippen LogP) is 0.825. The molecule has 0 bridgehead atoms. The average Bonchev–Trinajstić information content (AvgIpc) is 3.22. The molecule has 8 heteroatoms. The van der Waals surface area contributed by atoms with Gasteiger partial charge < -0.3 is 15.7 Å². The zero-order valence-corrected chi connectivity index (χ0v) is 14.4. The molecule has 2 heterocycles. The molecule has 136 valence electrons. The van der Waals surface area contributed by atoms with Crippen molar-refractivity contribution in [1.82, 2.24) is 20.4 Å². The van der Waals surface area contributed by atoms with Crippen molar-refractivity contribution in [3.05, 3.63) is 47.8 Å². The van der Waals surface area contributed by atoms with E-state index in [2.05, 4.69) is 15.7 Å². The van der Waals surface area contributed by atoms with Crippen LogP contribution < -0.4 is 15.5 Å². The molecule has 2 aromatic rings. The Morgan fingerprint density at radius 1 is 1.35 bits per heavy atom. The molecule has 0 unspecified atom stereocenters. The van der Waals surface area contributed by atoms with Crippen LogP contribution in [0.5, 0.6) is 0 Å². The van der Waals surface area contributed by atoms with Gasteiger partial charge in [0.2, 0.25) is 0 Å². The van der Waals surface area contributed by atoms with Crippen LogP contribution in [0.25, 0.3) is 0 Å². The third-order valence-corrected chi connectivity index (χ3v) is 4.95. The number of aromatic nitrogens is 2. The Hall–Kier alpha value is -2.87. The molecule has 1 saturated carbocycles. The lowest BCUT2D eigenvalue weighted by Crippen LogP contribution is -2.56. The van der Waals surface area contributed by atoms with Gasteiger partial charge in [-0.15, -0.1) is 0 Å². The Balaban J connectivity index is 1.42. The highest BCUT2D eigenvalue weighted by Gasteiger charge is 2.42. The predicted molar refractivity (Wildman–Crippen MR) is 95.1 cm³/mol.